The van der Waals surface area contributed by atoms with Gasteiger partial charge in [0.15, 0.2) is 6.10 Å². The van der Waals surface area contributed by atoms with Gasteiger partial charge in [-0.1, -0.05) is 0 Å². The van der Waals surface area contributed by atoms with Crippen LogP contribution in [0, 0.1) is 13.8 Å². The number of ether oxygens (including phenoxy) is 3. The summed E-state index contributed by atoms with van der Waals surface area (Å²) in [5.41, 5.74) is 1.21. The fraction of sp³-hybridized carbons (Fsp3) is 0.368. The Bertz CT molecular complexity index is 782. The van der Waals surface area contributed by atoms with Crippen LogP contribution in [-0.4, -0.2) is 31.7 Å². The molecule has 1 aromatic carbocycles. The number of amides is 1. The summed E-state index contributed by atoms with van der Waals surface area (Å²) in [5.74, 6) is 0.483. The van der Waals surface area contributed by atoms with E-state index in [1.54, 1.807) is 45.2 Å². The molecule has 0 unspecified atom stereocenters. The lowest BCUT2D eigenvalue weighted by atomic mass is 10.1. The number of esters is 1. The summed E-state index contributed by atoms with van der Waals surface area (Å²) >= 11 is 1.35. The van der Waals surface area contributed by atoms with Crippen molar-refractivity contribution in [3.63, 3.8) is 0 Å². The number of benzene rings is 1. The maximum absolute atomic E-state index is 12.5. The quantitative estimate of drug-likeness (QED) is 0.740. The largest absolute Gasteiger partial charge is 0.497 e. The van der Waals surface area contributed by atoms with Crippen molar-refractivity contribution in [2.24, 2.45) is 0 Å². The number of anilines is 1. The fourth-order valence-corrected chi connectivity index (χ4v) is 3.34. The summed E-state index contributed by atoms with van der Waals surface area (Å²) in [4.78, 5) is 25.6. The zero-order chi connectivity index (χ0) is 19.3. The lowest BCUT2D eigenvalue weighted by molar-refractivity contribution is -0.122. The van der Waals surface area contributed by atoms with Gasteiger partial charge in [-0.05, 0) is 57.5 Å². The van der Waals surface area contributed by atoms with E-state index in [0.29, 0.717) is 22.1 Å². The van der Waals surface area contributed by atoms with Gasteiger partial charge in [0.2, 0.25) is 0 Å². The van der Waals surface area contributed by atoms with Crippen molar-refractivity contribution in [1.29, 1.82) is 0 Å². The lowest BCUT2D eigenvalue weighted by Crippen LogP contribution is -2.30. The Morgan fingerprint density at radius 2 is 1.77 bits per heavy atom. The molecular weight excluding hydrogens is 354 g/mol. The molecule has 2 rings (SSSR count). The zero-order valence-electron chi connectivity index (χ0n) is 15.5. The SMILES string of the molecule is CCOC(=O)c1c(NC(=O)[C@H](C)Oc2ccc(OC)cc2)sc(C)c1C. The Morgan fingerprint density at radius 1 is 1.15 bits per heavy atom. The van der Waals surface area contributed by atoms with Gasteiger partial charge in [-0.2, -0.15) is 0 Å². The number of hydrogen-bond donors (Lipinski definition) is 1. The van der Waals surface area contributed by atoms with Crippen LogP contribution in [0.5, 0.6) is 11.5 Å². The van der Waals surface area contributed by atoms with E-state index in [1.807, 2.05) is 13.8 Å². The Balaban J connectivity index is 2.10. The Labute approximate surface area is 157 Å². The number of nitrogens with one attached hydrogen (secondary N) is 1. The third-order valence-electron chi connectivity index (χ3n) is 3.84. The minimum absolute atomic E-state index is 0.275. The molecule has 0 spiro atoms. The molecule has 1 heterocycles. The van der Waals surface area contributed by atoms with Crippen molar-refractivity contribution in [3.8, 4) is 11.5 Å². The highest BCUT2D eigenvalue weighted by Crippen LogP contribution is 2.33. The number of rotatable bonds is 7. The normalized spacial score (nSPS) is 11.6. The molecule has 6 nitrogen and oxygen atoms in total. The van der Waals surface area contributed by atoms with Crippen molar-refractivity contribution in [3.05, 3.63) is 40.3 Å². The molecule has 2 aromatic rings. The van der Waals surface area contributed by atoms with Crippen molar-refractivity contribution < 1.29 is 23.8 Å². The van der Waals surface area contributed by atoms with E-state index in [-0.39, 0.29) is 12.5 Å². The van der Waals surface area contributed by atoms with E-state index in [2.05, 4.69) is 5.32 Å². The smallest absolute Gasteiger partial charge is 0.341 e. The van der Waals surface area contributed by atoms with Gasteiger partial charge in [0, 0.05) is 4.88 Å². The van der Waals surface area contributed by atoms with E-state index in [9.17, 15) is 9.59 Å². The van der Waals surface area contributed by atoms with Gasteiger partial charge in [0.25, 0.3) is 5.91 Å². The van der Waals surface area contributed by atoms with Crippen LogP contribution >= 0.6 is 11.3 Å². The minimum Gasteiger partial charge on any atom is -0.497 e. The van der Waals surface area contributed by atoms with Crippen LogP contribution < -0.4 is 14.8 Å². The van der Waals surface area contributed by atoms with E-state index in [0.717, 1.165) is 10.4 Å². The molecule has 0 aliphatic rings. The molecule has 0 saturated heterocycles. The van der Waals surface area contributed by atoms with Gasteiger partial charge in [0.1, 0.15) is 16.5 Å². The molecule has 1 aromatic heterocycles. The topological polar surface area (TPSA) is 73.9 Å². The van der Waals surface area contributed by atoms with Gasteiger partial charge in [-0.15, -0.1) is 11.3 Å². The summed E-state index contributed by atoms with van der Waals surface area (Å²) in [6.45, 7) is 7.41. The Kier molecular flexibility index (Phi) is 6.63. The van der Waals surface area contributed by atoms with E-state index in [1.165, 1.54) is 11.3 Å². The predicted octanol–water partition coefficient (Wildman–Crippen LogP) is 3.96. The number of aryl methyl sites for hydroxylation is 1. The summed E-state index contributed by atoms with van der Waals surface area (Å²) in [6.07, 6.45) is -0.735. The predicted molar refractivity (Wildman–Crippen MR) is 101 cm³/mol. The Hall–Kier alpha value is -2.54. The van der Waals surface area contributed by atoms with Crippen LogP contribution in [0.25, 0.3) is 0 Å². The second-order valence-electron chi connectivity index (χ2n) is 5.63. The zero-order valence-corrected chi connectivity index (χ0v) is 16.4. The van der Waals surface area contributed by atoms with E-state index >= 15 is 0 Å². The molecule has 26 heavy (non-hydrogen) atoms. The van der Waals surface area contributed by atoms with Gasteiger partial charge in [0.05, 0.1) is 19.3 Å². The summed E-state index contributed by atoms with van der Waals surface area (Å²) in [7, 11) is 1.58. The maximum atomic E-state index is 12.5. The molecule has 0 aliphatic heterocycles. The number of carbonyl (C=O) groups excluding carboxylic acids is 2. The van der Waals surface area contributed by atoms with Crippen LogP contribution in [0.1, 0.15) is 34.6 Å². The van der Waals surface area contributed by atoms with Crippen LogP contribution in [0.15, 0.2) is 24.3 Å². The molecule has 1 N–H and O–H groups in total. The summed E-state index contributed by atoms with van der Waals surface area (Å²) in [6, 6.07) is 6.97. The van der Waals surface area contributed by atoms with Gasteiger partial charge in [-0.3, -0.25) is 4.79 Å². The second-order valence-corrected chi connectivity index (χ2v) is 6.86. The molecule has 0 bridgehead atoms. The minimum atomic E-state index is -0.735. The third-order valence-corrected chi connectivity index (χ3v) is 4.97. The molecule has 0 saturated carbocycles. The standard InChI is InChI=1S/C19H23NO5S/c1-6-24-19(22)16-11(2)13(4)26-18(16)20-17(21)12(3)25-15-9-7-14(23-5)8-10-15/h7-10,12H,6H2,1-5H3,(H,20,21)/t12-/m0/s1. The molecule has 0 radical (unpaired) electrons. The molecule has 0 aliphatic carbocycles. The average Bonchev–Trinajstić information content (AvgIpc) is 2.89. The van der Waals surface area contributed by atoms with Crippen molar-refractivity contribution in [2.45, 2.75) is 33.8 Å². The van der Waals surface area contributed by atoms with E-state index in [4.69, 9.17) is 14.2 Å². The van der Waals surface area contributed by atoms with Crippen molar-refractivity contribution >= 4 is 28.2 Å². The van der Waals surface area contributed by atoms with Crippen LogP contribution in [-0.2, 0) is 9.53 Å². The highest BCUT2D eigenvalue weighted by atomic mass is 32.1. The first-order valence-corrected chi connectivity index (χ1v) is 9.07. The van der Waals surface area contributed by atoms with Crippen molar-refractivity contribution in [2.75, 3.05) is 19.0 Å². The number of thiophene rings is 1. The number of carbonyl (C=O) groups is 2. The molecule has 1 atom stereocenters. The first-order chi connectivity index (χ1) is 12.4. The highest BCUT2D eigenvalue weighted by Gasteiger charge is 2.24. The molecule has 0 fully saturated rings. The molecule has 7 heteroatoms. The monoisotopic (exact) mass is 377 g/mol. The first kappa shape index (κ1) is 19.8. The fourth-order valence-electron chi connectivity index (χ4n) is 2.29. The average molecular weight is 377 g/mol. The van der Waals surface area contributed by atoms with Crippen LogP contribution in [0.2, 0.25) is 0 Å². The number of methoxy groups -OCH3 is 1. The third kappa shape index (κ3) is 4.54. The Morgan fingerprint density at radius 3 is 2.35 bits per heavy atom. The first-order valence-electron chi connectivity index (χ1n) is 8.26. The van der Waals surface area contributed by atoms with Crippen LogP contribution in [0.4, 0.5) is 5.00 Å². The highest BCUT2D eigenvalue weighted by molar-refractivity contribution is 7.16. The molecule has 1 amide bonds. The molecular formula is C19H23NO5S. The van der Waals surface area contributed by atoms with E-state index < -0.39 is 12.1 Å². The summed E-state index contributed by atoms with van der Waals surface area (Å²) < 4.78 is 15.8. The van der Waals surface area contributed by atoms with Gasteiger partial charge in [-0.25, -0.2) is 4.79 Å². The molecule has 140 valence electrons. The van der Waals surface area contributed by atoms with Gasteiger partial charge >= 0.3 is 5.97 Å². The second kappa shape index (κ2) is 8.71. The maximum Gasteiger partial charge on any atom is 0.341 e. The van der Waals surface area contributed by atoms with Crippen molar-refractivity contribution in [1.82, 2.24) is 0 Å². The number of hydrogen-bond acceptors (Lipinski definition) is 6. The van der Waals surface area contributed by atoms with Crippen LogP contribution in [0.3, 0.4) is 0 Å². The lowest BCUT2D eigenvalue weighted by Gasteiger charge is -2.15. The summed E-state index contributed by atoms with van der Waals surface area (Å²) in [5, 5.41) is 3.26. The van der Waals surface area contributed by atoms with Gasteiger partial charge < -0.3 is 19.5 Å².